The number of hydrogen-bond donors (Lipinski definition) is 0. The minimum Gasteiger partial charge on any atom is -0.490 e. The summed E-state index contributed by atoms with van der Waals surface area (Å²) in [4.78, 5) is 30.5. The number of nitrogens with zero attached hydrogens (tertiary/aromatic N) is 4. The van der Waals surface area contributed by atoms with Crippen molar-refractivity contribution < 1.29 is 19.1 Å². The molecule has 2 aromatic rings. The number of rotatable bonds is 5. The molecule has 0 bridgehead atoms. The van der Waals surface area contributed by atoms with Crippen molar-refractivity contribution in [3.05, 3.63) is 41.4 Å². The molecular formula is C25H30N4O4. The fraction of sp³-hybridized carbons (Fsp3) is 0.520. The molecule has 2 fully saturated rings. The maximum Gasteiger partial charge on any atom is 0.410 e. The number of likely N-dealkylation sites (tertiary alicyclic amines) is 1. The molecule has 2 aliphatic rings. The van der Waals surface area contributed by atoms with Crippen molar-refractivity contribution in [3.8, 4) is 17.0 Å². The first-order valence-electron chi connectivity index (χ1n) is 11.4. The zero-order chi connectivity index (χ0) is 23.8. The van der Waals surface area contributed by atoms with Crippen molar-refractivity contribution >= 4 is 17.6 Å². The molecule has 1 aliphatic heterocycles. The number of piperidine rings is 1. The topological polar surface area (TPSA) is 78.0 Å². The van der Waals surface area contributed by atoms with Crippen molar-refractivity contribution in [2.24, 2.45) is 0 Å². The van der Waals surface area contributed by atoms with E-state index in [0.717, 1.165) is 37.0 Å². The van der Waals surface area contributed by atoms with Crippen LogP contribution in [-0.2, 0) is 4.74 Å². The highest BCUT2D eigenvalue weighted by Crippen LogP contribution is 2.38. The first-order valence-corrected chi connectivity index (χ1v) is 11.4. The zero-order valence-corrected chi connectivity index (χ0v) is 19.6. The van der Waals surface area contributed by atoms with Crippen LogP contribution in [0.3, 0.4) is 0 Å². The van der Waals surface area contributed by atoms with Crippen LogP contribution in [0.25, 0.3) is 16.1 Å². The second-order valence-corrected chi connectivity index (χ2v) is 9.72. The van der Waals surface area contributed by atoms with Crippen LogP contribution in [0.1, 0.15) is 69.9 Å². The molecule has 1 aliphatic carbocycles. The van der Waals surface area contributed by atoms with Gasteiger partial charge < -0.3 is 14.4 Å². The standard InChI is InChI=1S/C25H30N4O4/c1-16(30)23-22(26-5)21(17-8-10-19(11-9-17)32-20-12-13-20)27-29(23)18-7-6-14-28(15-18)24(31)33-25(2,3)4/h8-11,18,20H,6-7,12-15H2,1-4H3/t18-/m1/s1. The van der Waals surface area contributed by atoms with Crippen LogP contribution < -0.4 is 4.74 Å². The normalized spacial score (nSPS) is 18.5. The Balaban J connectivity index is 1.64. The first kappa shape index (κ1) is 22.8. The molecule has 8 heteroatoms. The van der Waals surface area contributed by atoms with E-state index in [1.807, 2.05) is 45.0 Å². The number of benzene rings is 1. The van der Waals surface area contributed by atoms with Crippen molar-refractivity contribution in [2.45, 2.75) is 71.1 Å². The molecule has 1 amide bonds. The average molecular weight is 451 g/mol. The SMILES string of the molecule is [C-]#[N+]c1c(-c2ccc(OC3CC3)cc2)nn([C@@H]2CCCN(C(=O)OC(C)(C)C)C2)c1C(C)=O. The lowest BCUT2D eigenvalue weighted by molar-refractivity contribution is 0.0167. The number of Topliss-reactive ketones (excluding diaryl/α,β-unsaturated/α-hetero) is 1. The summed E-state index contributed by atoms with van der Waals surface area (Å²) < 4.78 is 13.0. The van der Waals surface area contributed by atoms with Crippen molar-refractivity contribution in [2.75, 3.05) is 13.1 Å². The number of carbonyl (C=O) groups is 2. The second-order valence-electron chi connectivity index (χ2n) is 9.72. The van der Waals surface area contributed by atoms with E-state index in [0.29, 0.717) is 24.9 Å². The fourth-order valence-electron chi connectivity index (χ4n) is 4.03. The highest BCUT2D eigenvalue weighted by atomic mass is 16.6. The molecule has 0 radical (unpaired) electrons. The Morgan fingerprint density at radius 2 is 1.85 bits per heavy atom. The van der Waals surface area contributed by atoms with Gasteiger partial charge in [0.25, 0.3) is 0 Å². The Bertz CT molecular complexity index is 1090. The number of aromatic nitrogens is 2. The molecule has 0 spiro atoms. The number of ketones is 1. The summed E-state index contributed by atoms with van der Waals surface area (Å²) in [5, 5.41) is 4.73. The fourth-order valence-corrected chi connectivity index (χ4v) is 4.03. The molecule has 1 aromatic heterocycles. The Morgan fingerprint density at radius 3 is 2.42 bits per heavy atom. The van der Waals surface area contributed by atoms with E-state index >= 15 is 0 Å². The van der Waals surface area contributed by atoms with Crippen LogP contribution in [0.5, 0.6) is 5.75 Å². The van der Waals surface area contributed by atoms with Gasteiger partial charge >= 0.3 is 6.09 Å². The minimum absolute atomic E-state index is 0.211. The molecular weight excluding hydrogens is 420 g/mol. The maximum atomic E-state index is 12.6. The monoisotopic (exact) mass is 450 g/mol. The third-order valence-corrected chi connectivity index (χ3v) is 5.68. The summed E-state index contributed by atoms with van der Waals surface area (Å²) >= 11 is 0. The molecule has 1 saturated carbocycles. The first-order chi connectivity index (χ1) is 15.7. The molecule has 2 heterocycles. The maximum absolute atomic E-state index is 12.6. The molecule has 1 saturated heterocycles. The van der Waals surface area contributed by atoms with Gasteiger partial charge in [0.2, 0.25) is 5.69 Å². The van der Waals surface area contributed by atoms with Crippen molar-refractivity contribution in [3.63, 3.8) is 0 Å². The van der Waals surface area contributed by atoms with Crippen LogP contribution in [0.15, 0.2) is 24.3 Å². The van der Waals surface area contributed by atoms with Gasteiger partial charge in [-0.2, -0.15) is 5.10 Å². The van der Waals surface area contributed by atoms with Gasteiger partial charge in [0, 0.05) is 13.1 Å². The van der Waals surface area contributed by atoms with Crippen LogP contribution >= 0.6 is 0 Å². The van der Waals surface area contributed by atoms with Crippen molar-refractivity contribution in [1.29, 1.82) is 0 Å². The molecule has 4 rings (SSSR count). The number of amides is 1. The highest BCUT2D eigenvalue weighted by molar-refractivity contribution is 6.01. The Kier molecular flexibility index (Phi) is 6.15. The lowest BCUT2D eigenvalue weighted by Crippen LogP contribution is -2.43. The predicted molar refractivity (Wildman–Crippen MR) is 124 cm³/mol. The number of ether oxygens (including phenoxy) is 2. The second kappa shape index (κ2) is 8.89. The molecule has 1 aromatic carbocycles. The van der Waals surface area contributed by atoms with Gasteiger partial charge in [-0.05, 0) is 71.1 Å². The molecule has 174 valence electrons. The third-order valence-electron chi connectivity index (χ3n) is 5.68. The summed E-state index contributed by atoms with van der Waals surface area (Å²) in [7, 11) is 0. The van der Waals surface area contributed by atoms with Crippen LogP contribution in [0.4, 0.5) is 10.5 Å². The van der Waals surface area contributed by atoms with Gasteiger partial charge in [-0.25, -0.2) is 9.64 Å². The summed E-state index contributed by atoms with van der Waals surface area (Å²) in [6.07, 6.45) is 3.61. The van der Waals surface area contributed by atoms with E-state index in [4.69, 9.17) is 21.1 Å². The van der Waals surface area contributed by atoms with E-state index in [9.17, 15) is 9.59 Å². The molecule has 0 N–H and O–H groups in total. The zero-order valence-electron chi connectivity index (χ0n) is 19.6. The van der Waals surface area contributed by atoms with E-state index in [1.165, 1.54) is 6.92 Å². The van der Waals surface area contributed by atoms with Gasteiger partial charge in [-0.15, -0.1) is 0 Å². The van der Waals surface area contributed by atoms with Crippen molar-refractivity contribution in [1.82, 2.24) is 14.7 Å². The summed E-state index contributed by atoms with van der Waals surface area (Å²) in [6, 6.07) is 7.28. The quantitative estimate of drug-likeness (QED) is 0.449. The summed E-state index contributed by atoms with van der Waals surface area (Å²) in [5.74, 6) is 0.569. The summed E-state index contributed by atoms with van der Waals surface area (Å²) in [6.45, 7) is 15.7. The van der Waals surface area contributed by atoms with Gasteiger partial charge in [-0.3, -0.25) is 9.48 Å². The number of hydrogen-bond acceptors (Lipinski definition) is 5. The van der Waals surface area contributed by atoms with Gasteiger partial charge in [0.1, 0.15) is 17.0 Å². The molecule has 33 heavy (non-hydrogen) atoms. The number of carbonyl (C=O) groups excluding carboxylic acids is 2. The molecule has 1 atom stereocenters. The van der Waals surface area contributed by atoms with E-state index in [1.54, 1.807) is 9.58 Å². The molecule has 8 nitrogen and oxygen atoms in total. The predicted octanol–water partition coefficient (Wildman–Crippen LogP) is 5.42. The largest absolute Gasteiger partial charge is 0.490 e. The average Bonchev–Trinajstić information content (AvgIpc) is 3.49. The van der Waals surface area contributed by atoms with E-state index in [-0.39, 0.29) is 29.3 Å². The minimum atomic E-state index is -0.583. The van der Waals surface area contributed by atoms with Crippen LogP contribution in [0, 0.1) is 6.57 Å². The smallest absolute Gasteiger partial charge is 0.410 e. The lowest BCUT2D eigenvalue weighted by atomic mass is 10.1. The Morgan fingerprint density at radius 1 is 1.15 bits per heavy atom. The Hall–Kier alpha value is -3.34. The lowest BCUT2D eigenvalue weighted by Gasteiger charge is -2.34. The summed E-state index contributed by atoms with van der Waals surface area (Å²) in [5.41, 5.74) is 1.18. The van der Waals surface area contributed by atoms with Gasteiger partial charge in [0.05, 0.1) is 24.4 Å². The van der Waals surface area contributed by atoms with E-state index < -0.39 is 5.60 Å². The molecule has 0 unspecified atom stereocenters. The highest BCUT2D eigenvalue weighted by Gasteiger charge is 2.33. The van der Waals surface area contributed by atoms with Gasteiger partial charge in [-0.1, -0.05) is 12.1 Å². The van der Waals surface area contributed by atoms with E-state index in [2.05, 4.69) is 4.85 Å². The van der Waals surface area contributed by atoms with Gasteiger partial charge in [0.15, 0.2) is 5.78 Å². The Labute approximate surface area is 194 Å². The third kappa shape index (κ3) is 5.19. The van der Waals surface area contributed by atoms with Crippen LogP contribution in [-0.4, -0.2) is 51.4 Å². The van der Waals surface area contributed by atoms with Crippen LogP contribution in [0.2, 0.25) is 0 Å².